The van der Waals surface area contributed by atoms with Gasteiger partial charge in [0, 0.05) is 36.6 Å². The van der Waals surface area contributed by atoms with Gasteiger partial charge in [0.25, 0.3) is 0 Å². The van der Waals surface area contributed by atoms with E-state index < -0.39 is 0 Å². The van der Waals surface area contributed by atoms with Crippen LogP contribution in [0.15, 0.2) is 78.9 Å². The summed E-state index contributed by atoms with van der Waals surface area (Å²) in [4.78, 5) is 0. The Labute approximate surface area is 205 Å². The minimum absolute atomic E-state index is 0.107. The minimum atomic E-state index is 0.107. The van der Waals surface area contributed by atoms with Crippen LogP contribution in [-0.4, -0.2) is 4.57 Å². The second-order valence-electron chi connectivity index (χ2n) is 11.6. The normalized spacial score (nSPS) is 13.0. The van der Waals surface area contributed by atoms with Crippen molar-refractivity contribution in [3.63, 3.8) is 0 Å². The molecule has 0 aliphatic rings. The summed E-state index contributed by atoms with van der Waals surface area (Å²) < 4.78 is 5.15. The summed E-state index contributed by atoms with van der Waals surface area (Å²) in [5.74, 6) is 0. The van der Waals surface area contributed by atoms with Crippen LogP contribution in [-0.2, 0) is 10.8 Å². The first-order valence-electron chi connectivity index (χ1n) is 12.1. The van der Waals surface area contributed by atoms with Gasteiger partial charge in [-0.05, 0) is 70.5 Å². The highest BCUT2D eigenvalue weighted by Gasteiger charge is 2.20. The van der Waals surface area contributed by atoms with Crippen molar-refractivity contribution in [3.05, 3.63) is 90.0 Å². The third-order valence-electron chi connectivity index (χ3n) is 7.10. The Kier molecular flexibility index (Phi) is 4.54. The number of nitrogens with zero attached hydrogens (tertiary/aromatic N) is 1. The number of aromatic nitrogens is 1. The van der Waals surface area contributed by atoms with Crippen LogP contribution in [0.2, 0.25) is 0 Å². The molecule has 6 rings (SSSR count). The molecule has 0 unspecified atom stereocenters. The van der Waals surface area contributed by atoms with E-state index >= 15 is 0 Å². The Morgan fingerprint density at radius 2 is 1.12 bits per heavy atom. The van der Waals surface area contributed by atoms with Crippen LogP contribution in [0, 0.1) is 0 Å². The lowest BCUT2D eigenvalue weighted by atomic mass is 9.86. The van der Waals surface area contributed by atoms with E-state index in [2.05, 4.69) is 125 Å². The van der Waals surface area contributed by atoms with E-state index in [1.165, 1.54) is 58.8 Å². The highest BCUT2D eigenvalue weighted by Crippen LogP contribution is 2.42. The highest BCUT2D eigenvalue weighted by molar-refractivity contribution is 7.25. The van der Waals surface area contributed by atoms with Crippen molar-refractivity contribution in [1.82, 2.24) is 4.57 Å². The fourth-order valence-electron chi connectivity index (χ4n) is 5.08. The molecule has 2 aromatic heterocycles. The third kappa shape index (κ3) is 3.27. The lowest BCUT2D eigenvalue weighted by molar-refractivity contribution is 0.591. The van der Waals surface area contributed by atoms with Crippen LogP contribution in [0.25, 0.3) is 47.7 Å². The van der Waals surface area contributed by atoms with Gasteiger partial charge < -0.3 is 4.57 Å². The number of hydrogen-bond acceptors (Lipinski definition) is 1. The maximum Gasteiger partial charge on any atom is 0.0555 e. The first-order valence-corrected chi connectivity index (χ1v) is 12.9. The predicted octanol–water partition coefficient (Wildman–Crippen LogP) is 9.75. The zero-order chi connectivity index (χ0) is 23.8. The van der Waals surface area contributed by atoms with Gasteiger partial charge in [-0.1, -0.05) is 71.9 Å². The van der Waals surface area contributed by atoms with E-state index in [1.807, 2.05) is 11.3 Å². The molecular weight excluding hydrogens is 430 g/mol. The minimum Gasteiger partial charge on any atom is -0.309 e. The van der Waals surface area contributed by atoms with Crippen molar-refractivity contribution in [2.45, 2.75) is 52.4 Å². The summed E-state index contributed by atoms with van der Waals surface area (Å²) >= 11 is 1.90. The fourth-order valence-corrected chi connectivity index (χ4v) is 6.18. The summed E-state index contributed by atoms with van der Waals surface area (Å²) in [7, 11) is 0. The maximum absolute atomic E-state index is 2.45. The molecule has 0 atom stereocenters. The van der Waals surface area contributed by atoms with E-state index in [4.69, 9.17) is 0 Å². The zero-order valence-corrected chi connectivity index (χ0v) is 21.7. The Morgan fingerprint density at radius 1 is 0.529 bits per heavy atom. The molecule has 0 N–H and O–H groups in total. The van der Waals surface area contributed by atoms with Gasteiger partial charge in [-0.15, -0.1) is 11.3 Å². The molecule has 0 bridgehead atoms. The van der Waals surface area contributed by atoms with Gasteiger partial charge in [-0.25, -0.2) is 0 Å². The summed E-state index contributed by atoms with van der Waals surface area (Å²) in [6, 6.07) is 29.7. The van der Waals surface area contributed by atoms with Gasteiger partial charge in [-0.3, -0.25) is 0 Å². The van der Waals surface area contributed by atoms with Crippen LogP contribution < -0.4 is 0 Å². The first-order chi connectivity index (χ1) is 16.1. The predicted molar refractivity (Wildman–Crippen MR) is 151 cm³/mol. The van der Waals surface area contributed by atoms with Gasteiger partial charge in [0.15, 0.2) is 0 Å². The SMILES string of the molecule is CC(C)(C)c1ccc2sc3cc4c(cc3c2c1)c1cc(C(C)(C)C)ccc1n4-c1ccccc1. The van der Waals surface area contributed by atoms with Crippen LogP contribution >= 0.6 is 11.3 Å². The maximum atomic E-state index is 2.45. The standard InChI is InChI=1S/C32H31NS/c1-31(2,3)20-12-14-27-23(16-20)24-18-26-25-17-21(32(4,5)6)13-15-29(25)34-30(26)19-28(24)33(27)22-10-8-7-9-11-22/h7-19H,1-6H3. The molecule has 6 aromatic rings. The summed E-state index contributed by atoms with van der Waals surface area (Å²) in [5, 5.41) is 5.41. The van der Waals surface area contributed by atoms with Crippen LogP contribution in [0.1, 0.15) is 52.7 Å². The molecule has 0 spiro atoms. The molecule has 0 saturated carbocycles. The summed E-state index contributed by atoms with van der Waals surface area (Å²) in [5.41, 5.74) is 6.77. The molecule has 0 aliphatic heterocycles. The van der Waals surface area contributed by atoms with E-state index in [0.717, 1.165) is 0 Å². The van der Waals surface area contributed by atoms with Crippen molar-refractivity contribution >= 4 is 53.3 Å². The average molecular weight is 462 g/mol. The fraction of sp³-hybridized carbons (Fsp3) is 0.250. The number of hydrogen-bond donors (Lipinski definition) is 0. The van der Waals surface area contributed by atoms with Gasteiger partial charge in [0.2, 0.25) is 0 Å². The van der Waals surface area contributed by atoms with Crippen molar-refractivity contribution in [2.75, 3.05) is 0 Å². The van der Waals surface area contributed by atoms with Crippen molar-refractivity contribution in [3.8, 4) is 5.69 Å². The molecule has 1 nitrogen and oxygen atoms in total. The molecule has 34 heavy (non-hydrogen) atoms. The molecule has 0 amide bonds. The molecule has 0 aliphatic carbocycles. The van der Waals surface area contributed by atoms with E-state index in [1.54, 1.807) is 0 Å². The van der Waals surface area contributed by atoms with Crippen molar-refractivity contribution in [1.29, 1.82) is 0 Å². The second-order valence-corrected chi connectivity index (χ2v) is 12.7. The van der Waals surface area contributed by atoms with E-state index in [9.17, 15) is 0 Å². The first kappa shape index (κ1) is 21.4. The van der Waals surface area contributed by atoms with Crippen LogP contribution in [0.3, 0.4) is 0 Å². The molecule has 0 saturated heterocycles. The molecular formula is C32H31NS. The molecule has 4 aromatic carbocycles. The monoisotopic (exact) mass is 461 g/mol. The topological polar surface area (TPSA) is 4.93 Å². The van der Waals surface area contributed by atoms with Gasteiger partial charge in [0.1, 0.15) is 0 Å². The van der Waals surface area contributed by atoms with Crippen molar-refractivity contribution < 1.29 is 0 Å². The van der Waals surface area contributed by atoms with Gasteiger partial charge in [0.05, 0.1) is 11.0 Å². The lowest BCUT2D eigenvalue weighted by Gasteiger charge is -2.19. The van der Waals surface area contributed by atoms with Gasteiger partial charge >= 0.3 is 0 Å². The Morgan fingerprint density at radius 3 is 1.79 bits per heavy atom. The Balaban J connectivity index is 1.76. The van der Waals surface area contributed by atoms with Crippen LogP contribution in [0.5, 0.6) is 0 Å². The largest absolute Gasteiger partial charge is 0.309 e. The third-order valence-corrected chi connectivity index (χ3v) is 8.24. The average Bonchev–Trinajstić information content (AvgIpc) is 3.30. The van der Waals surface area contributed by atoms with E-state index in [-0.39, 0.29) is 10.8 Å². The van der Waals surface area contributed by atoms with E-state index in [0.29, 0.717) is 0 Å². The Bertz CT molecular complexity index is 1700. The quantitative estimate of drug-likeness (QED) is 0.230. The lowest BCUT2D eigenvalue weighted by Crippen LogP contribution is -2.10. The molecule has 2 heteroatoms. The number of fused-ring (bicyclic) bond motifs is 6. The van der Waals surface area contributed by atoms with Crippen LogP contribution in [0.4, 0.5) is 0 Å². The molecule has 2 heterocycles. The Hall–Kier alpha value is -3.10. The zero-order valence-electron chi connectivity index (χ0n) is 20.9. The summed E-state index contributed by atoms with van der Waals surface area (Å²) in [6.45, 7) is 13.8. The summed E-state index contributed by atoms with van der Waals surface area (Å²) in [6.07, 6.45) is 0. The smallest absolute Gasteiger partial charge is 0.0555 e. The molecule has 0 fully saturated rings. The van der Waals surface area contributed by atoms with Gasteiger partial charge in [-0.2, -0.15) is 0 Å². The highest BCUT2D eigenvalue weighted by atomic mass is 32.1. The second kappa shape index (κ2) is 7.20. The number of rotatable bonds is 1. The van der Waals surface area contributed by atoms with Crippen molar-refractivity contribution in [2.24, 2.45) is 0 Å². The molecule has 170 valence electrons. The number of para-hydroxylation sites is 1. The number of benzene rings is 4. The molecule has 0 radical (unpaired) electrons. The number of thiophene rings is 1.